The molecule has 0 bridgehead atoms. The number of rotatable bonds is 6. The second kappa shape index (κ2) is 6.62. The van der Waals surface area contributed by atoms with Crippen molar-refractivity contribution in [2.45, 2.75) is 40.0 Å². The predicted molar refractivity (Wildman–Crippen MR) is 46.4 cm³/mol. The Morgan fingerprint density at radius 1 is 1.18 bits per heavy atom. The van der Waals surface area contributed by atoms with E-state index in [2.05, 4.69) is 25.7 Å². The molecule has 0 spiro atoms. The highest BCUT2D eigenvalue weighted by atomic mass is 17.1. The fraction of sp³-hybridized carbons (Fsp3) is 1.00. The lowest BCUT2D eigenvalue weighted by atomic mass is 10.0. The molecule has 0 amide bonds. The van der Waals surface area contributed by atoms with E-state index in [0.717, 1.165) is 12.3 Å². The van der Waals surface area contributed by atoms with Gasteiger partial charge >= 0.3 is 0 Å². The minimum absolute atomic E-state index is 0.470. The Bertz CT molecular complexity index is 81.6. The smallest absolute Gasteiger partial charge is 0.0845 e. The highest BCUT2D eigenvalue weighted by molar-refractivity contribution is 4.52. The van der Waals surface area contributed by atoms with Crippen molar-refractivity contribution >= 4 is 0 Å². The molecule has 1 N–H and O–H groups in total. The molecular weight excluding hydrogens is 140 g/mol. The summed E-state index contributed by atoms with van der Waals surface area (Å²) >= 11 is 0. The van der Waals surface area contributed by atoms with Crippen LogP contribution in [-0.4, -0.2) is 11.9 Å². The maximum atomic E-state index is 8.15. The van der Waals surface area contributed by atoms with Gasteiger partial charge < -0.3 is 0 Å². The third kappa shape index (κ3) is 7.82. The van der Waals surface area contributed by atoms with Gasteiger partial charge in [0.05, 0.1) is 6.61 Å². The average molecular weight is 160 g/mol. The van der Waals surface area contributed by atoms with Crippen LogP contribution in [0.2, 0.25) is 0 Å². The van der Waals surface area contributed by atoms with Gasteiger partial charge in [-0.25, -0.2) is 4.89 Å². The predicted octanol–water partition coefficient (Wildman–Crippen LogP) is 2.94. The van der Waals surface area contributed by atoms with E-state index >= 15 is 0 Å². The van der Waals surface area contributed by atoms with Gasteiger partial charge in [-0.1, -0.05) is 33.6 Å². The maximum absolute atomic E-state index is 8.15. The molecule has 0 aromatic heterocycles. The first kappa shape index (κ1) is 10.9. The van der Waals surface area contributed by atoms with Gasteiger partial charge in [0.1, 0.15) is 0 Å². The third-order valence-electron chi connectivity index (χ3n) is 1.84. The van der Waals surface area contributed by atoms with Crippen molar-refractivity contribution in [1.82, 2.24) is 0 Å². The summed E-state index contributed by atoms with van der Waals surface area (Å²) in [6.07, 6.45) is 3.66. The van der Waals surface area contributed by atoms with Gasteiger partial charge in [-0.2, -0.15) is 0 Å². The Morgan fingerprint density at radius 3 is 2.27 bits per heavy atom. The summed E-state index contributed by atoms with van der Waals surface area (Å²) < 4.78 is 0. The molecule has 0 fully saturated rings. The summed E-state index contributed by atoms with van der Waals surface area (Å²) in [4.78, 5) is 4.06. The van der Waals surface area contributed by atoms with Crippen molar-refractivity contribution in [3.63, 3.8) is 0 Å². The molecule has 0 heterocycles. The molecule has 0 saturated heterocycles. The quantitative estimate of drug-likeness (QED) is 0.478. The van der Waals surface area contributed by atoms with Crippen molar-refractivity contribution in [1.29, 1.82) is 0 Å². The fourth-order valence-electron chi connectivity index (χ4n) is 1.09. The van der Waals surface area contributed by atoms with Gasteiger partial charge in [-0.15, -0.1) is 0 Å². The Labute approximate surface area is 69.5 Å². The van der Waals surface area contributed by atoms with Gasteiger partial charge in [-0.05, 0) is 18.3 Å². The zero-order chi connectivity index (χ0) is 8.69. The van der Waals surface area contributed by atoms with E-state index in [1.165, 1.54) is 12.8 Å². The SMILES string of the molecule is CC(C)CCCC(C)COO. The van der Waals surface area contributed by atoms with E-state index in [4.69, 9.17) is 5.26 Å². The van der Waals surface area contributed by atoms with Crippen molar-refractivity contribution in [3.05, 3.63) is 0 Å². The molecule has 0 radical (unpaired) electrons. The van der Waals surface area contributed by atoms with Crippen LogP contribution < -0.4 is 0 Å². The summed E-state index contributed by atoms with van der Waals surface area (Å²) in [6, 6.07) is 0. The lowest BCUT2D eigenvalue weighted by Crippen LogP contribution is -2.04. The molecule has 1 atom stereocenters. The van der Waals surface area contributed by atoms with Gasteiger partial charge in [0.2, 0.25) is 0 Å². The third-order valence-corrected chi connectivity index (χ3v) is 1.84. The highest BCUT2D eigenvalue weighted by Crippen LogP contribution is 2.11. The highest BCUT2D eigenvalue weighted by Gasteiger charge is 2.02. The molecule has 11 heavy (non-hydrogen) atoms. The zero-order valence-corrected chi connectivity index (χ0v) is 7.84. The molecule has 0 rings (SSSR count). The van der Waals surface area contributed by atoms with Crippen LogP contribution in [0.4, 0.5) is 0 Å². The largest absolute Gasteiger partial charge is 0.252 e. The van der Waals surface area contributed by atoms with Crippen molar-refractivity contribution in [3.8, 4) is 0 Å². The molecule has 0 aliphatic heterocycles. The summed E-state index contributed by atoms with van der Waals surface area (Å²) in [5, 5.41) is 8.15. The second-order valence-corrected chi connectivity index (χ2v) is 3.73. The molecule has 2 heteroatoms. The second-order valence-electron chi connectivity index (χ2n) is 3.73. The average Bonchev–Trinajstić information content (AvgIpc) is 1.87. The van der Waals surface area contributed by atoms with E-state index in [1.807, 2.05) is 0 Å². The molecule has 1 unspecified atom stereocenters. The van der Waals surface area contributed by atoms with Gasteiger partial charge in [-0.3, -0.25) is 5.26 Å². The van der Waals surface area contributed by atoms with Crippen LogP contribution >= 0.6 is 0 Å². The van der Waals surface area contributed by atoms with Crippen LogP contribution in [0.1, 0.15) is 40.0 Å². The van der Waals surface area contributed by atoms with Crippen LogP contribution in [0.25, 0.3) is 0 Å². The monoisotopic (exact) mass is 160 g/mol. The number of hydrogen-bond donors (Lipinski definition) is 1. The van der Waals surface area contributed by atoms with Gasteiger partial charge in [0, 0.05) is 0 Å². The first-order valence-electron chi connectivity index (χ1n) is 4.43. The summed E-state index contributed by atoms with van der Waals surface area (Å²) in [6.45, 7) is 7.02. The molecule has 2 nitrogen and oxygen atoms in total. The lowest BCUT2D eigenvalue weighted by Gasteiger charge is -2.09. The normalized spacial score (nSPS) is 13.9. The molecule has 0 aliphatic rings. The molecular formula is C9H20O2. The Morgan fingerprint density at radius 2 is 1.82 bits per heavy atom. The topological polar surface area (TPSA) is 29.5 Å². The van der Waals surface area contributed by atoms with Crippen molar-refractivity contribution in [2.75, 3.05) is 6.61 Å². The minimum atomic E-state index is 0.470. The molecule has 0 aromatic carbocycles. The first-order valence-corrected chi connectivity index (χ1v) is 4.43. The summed E-state index contributed by atoms with van der Waals surface area (Å²) in [5.41, 5.74) is 0. The van der Waals surface area contributed by atoms with Gasteiger partial charge in [0.15, 0.2) is 0 Å². The van der Waals surface area contributed by atoms with Crippen LogP contribution in [0, 0.1) is 11.8 Å². The Balaban J connectivity index is 3.10. The van der Waals surface area contributed by atoms with E-state index in [9.17, 15) is 0 Å². The van der Waals surface area contributed by atoms with Crippen LogP contribution in [0.5, 0.6) is 0 Å². The fourth-order valence-corrected chi connectivity index (χ4v) is 1.09. The summed E-state index contributed by atoms with van der Waals surface area (Å²) in [7, 11) is 0. The first-order chi connectivity index (χ1) is 5.16. The van der Waals surface area contributed by atoms with E-state index in [-0.39, 0.29) is 0 Å². The maximum Gasteiger partial charge on any atom is 0.0845 e. The number of hydrogen-bond acceptors (Lipinski definition) is 2. The minimum Gasteiger partial charge on any atom is -0.252 e. The van der Waals surface area contributed by atoms with Crippen molar-refractivity contribution in [2.24, 2.45) is 11.8 Å². The molecule has 0 aromatic rings. The molecule has 0 saturated carbocycles. The van der Waals surface area contributed by atoms with Crippen LogP contribution in [0.15, 0.2) is 0 Å². The van der Waals surface area contributed by atoms with Crippen LogP contribution in [-0.2, 0) is 4.89 Å². The summed E-state index contributed by atoms with van der Waals surface area (Å²) in [5.74, 6) is 1.27. The van der Waals surface area contributed by atoms with Crippen LogP contribution in [0.3, 0.4) is 0 Å². The van der Waals surface area contributed by atoms with E-state index < -0.39 is 0 Å². The molecule has 68 valence electrons. The standard InChI is InChI=1S/C9H20O2/c1-8(2)5-4-6-9(3)7-11-10/h8-10H,4-7H2,1-3H3. The Kier molecular flexibility index (Phi) is 6.57. The lowest BCUT2D eigenvalue weighted by molar-refractivity contribution is -0.250. The van der Waals surface area contributed by atoms with E-state index in [1.54, 1.807) is 0 Å². The zero-order valence-electron chi connectivity index (χ0n) is 7.84. The van der Waals surface area contributed by atoms with Crippen molar-refractivity contribution < 1.29 is 10.1 Å². The molecule has 0 aliphatic carbocycles. The van der Waals surface area contributed by atoms with Gasteiger partial charge in [0.25, 0.3) is 0 Å². The van der Waals surface area contributed by atoms with E-state index in [0.29, 0.717) is 12.5 Å². The Hall–Kier alpha value is -0.0800.